The summed E-state index contributed by atoms with van der Waals surface area (Å²) in [4.78, 5) is 20.9. The molecule has 0 radical (unpaired) electrons. The number of amides is 1. The highest BCUT2D eigenvalue weighted by Crippen LogP contribution is 2.25. The molecule has 8 heteroatoms. The van der Waals surface area contributed by atoms with Crippen LogP contribution in [0.4, 0.5) is 0 Å². The standard InChI is InChI=1S/C18H20N6O2/c1-3-24-12-22-23-15(24)7-8-20-17(25)14-6-4-5-13(11-14)16-18(26-2)21-10-9-19-16/h4-6,9-12H,3,7-8H2,1-2H3,(H,20,25). The Kier molecular flexibility index (Phi) is 5.52. The summed E-state index contributed by atoms with van der Waals surface area (Å²) in [7, 11) is 1.54. The number of ether oxygens (including phenoxy) is 1. The summed E-state index contributed by atoms with van der Waals surface area (Å²) in [6, 6.07) is 7.21. The summed E-state index contributed by atoms with van der Waals surface area (Å²) in [5, 5.41) is 10.9. The first-order valence-corrected chi connectivity index (χ1v) is 8.33. The predicted molar refractivity (Wildman–Crippen MR) is 95.8 cm³/mol. The largest absolute Gasteiger partial charge is 0.479 e. The molecule has 26 heavy (non-hydrogen) atoms. The minimum absolute atomic E-state index is 0.155. The van der Waals surface area contributed by atoms with Gasteiger partial charge in [-0.05, 0) is 19.1 Å². The van der Waals surface area contributed by atoms with E-state index in [1.807, 2.05) is 23.6 Å². The van der Waals surface area contributed by atoms with Crippen molar-refractivity contribution in [3.63, 3.8) is 0 Å². The van der Waals surface area contributed by atoms with Gasteiger partial charge in [-0.2, -0.15) is 0 Å². The Morgan fingerprint density at radius 2 is 2.12 bits per heavy atom. The Morgan fingerprint density at radius 1 is 1.27 bits per heavy atom. The fourth-order valence-corrected chi connectivity index (χ4v) is 2.61. The van der Waals surface area contributed by atoms with Crippen molar-refractivity contribution < 1.29 is 9.53 Å². The molecule has 1 amide bonds. The molecule has 0 aliphatic rings. The van der Waals surface area contributed by atoms with Gasteiger partial charge in [0.05, 0.1) is 7.11 Å². The van der Waals surface area contributed by atoms with Crippen LogP contribution in [0, 0.1) is 0 Å². The number of aryl methyl sites for hydroxylation is 1. The molecule has 0 fully saturated rings. The maximum Gasteiger partial charge on any atom is 0.251 e. The fourth-order valence-electron chi connectivity index (χ4n) is 2.61. The van der Waals surface area contributed by atoms with Gasteiger partial charge in [0.1, 0.15) is 17.8 Å². The Bertz CT molecular complexity index is 893. The number of hydrogen-bond acceptors (Lipinski definition) is 6. The summed E-state index contributed by atoms with van der Waals surface area (Å²) in [6.07, 6.45) is 5.47. The monoisotopic (exact) mass is 352 g/mol. The lowest BCUT2D eigenvalue weighted by Gasteiger charge is -2.09. The minimum atomic E-state index is -0.155. The van der Waals surface area contributed by atoms with Crippen LogP contribution in [-0.4, -0.2) is 44.3 Å². The Labute approximate surface area is 151 Å². The molecule has 1 aromatic carbocycles. The molecule has 3 rings (SSSR count). The molecule has 2 heterocycles. The summed E-state index contributed by atoms with van der Waals surface area (Å²) < 4.78 is 7.19. The number of nitrogens with zero attached hydrogens (tertiary/aromatic N) is 5. The third-order valence-electron chi connectivity index (χ3n) is 3.93. The predicted octanol–water partition coefficient (Wildman–Crippen LogP) is 1.74. The van der Waals surface area contributed by atoms with Crippen LogP contribution in [0.5, 0.6) is 5.88 Å². The zero-order valence-corrected chi connectivity index (χ0v) is 14.7. The molecule has 0 atom stereocenters. The average molecular weight is 352 g/mol. The lowest BCUT2D eigenvalue weighted by Crippen LogP contribution is -2.26. The number of nitrogens with one attached hydrogen (secondary N) is 1. The van der Waals surface area contributed by atoms with Gasteiger partial charge < -0.3 is 14.6 Å². The van der Waals surface area contributed by atoms with Crippen molar-refractivity contribution in [1.82, 2.24) is 30.0 Å². The van der Waals surface area contributed by atoms with E-state index in [4.69, 9.17) is 4.74 Å². The molecule has 134 valence electrons. The van der Waals surface area contributed by atoms with Gasteiger partial charge in [-0.3, -0.25) is 4.79 Å². The van der Waals surface area contributed by atoms with E-state index in [0.717, 1.165) is 17.9 Å². The highest BCUT2D eigenvalue weighted by Gasteiger charge is 2.12. The molecule has 0 aliphatic heterocycles. The first-order chi connectivity index (χ1) is 12.7. The van der Waals surface area contributed by atoms with Gasteiger partial charge >= 0.3 is 0 Å². The van der Waals surface area contributed by atoms with Crippen molar-refractivity contribution >= 4 is 5.91 Å². The maximum atomic E-state index is 12.4. The van der Waals surface area contributed by atoms with Crippen molar-refractivity contribution in [2.45, 2.75) is 19.9 Å². The zero-order chi connectivity index (χ0) is 18.4. The van der Waals surface area contributed by atoms with Gasteiger partial charge in [0, 0.05) is 43.0 Å². The molecule has 0 bridgehead atoms. The summed E-state index contributed by atoms with van der Waals surface area (Å²) in [5.74, 6) is 1.12. The molecule has 0 unspecified atom stereocenters. The Balaban J connectivity index is 1.68. The SMILES string of the molecule is CCn1cnnc1CCNC(=O)c1cccc(-c2nccnc2OC)c1. The molecule has 3 aromatic rings. The van der Waals surface area contributed by atoms with Crippen LogP contribution < -0.4 is 10.1 Å². The molecular formula is C18H20N6O2. The second-order valence-corrected chi connectivity index (χ2v) is 5.53. The van der Waals surface area contributed by atoms with Gasteiger partial charge in [-0.15, -0.1) is 10.2 Å². The van der Waals surface area contributed by atoms with Crippen molar-refractivity contribution in [3.8, 4) is 17.1 Å². The van der Waals surface area contributed by atoms with Crippen LogP contribution in [0.1, 0.15) is 23.1 Å². The third-order valence-corrected chi connectivity index (χ3v) is 3.93. The Hall–Kier alpha value is -3.29. The second-order valence-electron chi connectivity index (χ2n) is 5.53. The van der Waals surface area contributed by atoms with Gasteiger partial charge in [0.2, 0.25) is 5.88 Å². The molecule has 0 saturated carbocycles. The van der Waals surface area contributed by atoms with Crippen molar-refractivity contribution in [2.75, 3.05) is 13.7 Å². The molecule has 0 spiro atoms. The van der Waals surface area contributed by atoms with Crippen LogP contribution in [0.25, 0.3) is 11.3 Å². The van der Waals surface area contributed by atoms with E-state index in [-0.39, 0.29) is 5.91 Å². The highest BCUT2D eigenvalue weighted by molar-refractivity contribution is 5.95. The van der Waals surface area contributed by atoms with Crippen LogP contribution in [0.2, 0.25) is 0 Å². The number of hydrogen-bond donors (Lipinski definition) is 1. The number of methoxy groups -OCH3 is 1. The van der Waals surface area contributed by atoms with E-state index in [9.17, 15) is 4.79 Å². The Morgan fingerprint density at radius 3 is 2.92 bits per heavy atom. The number of benzene rings is 1. The van der Waals surface area contributed by atoms with E-state index in [0.29, 0.717) is 30.1 Å². The fraction of sp³-hybridized carbons (Fsp3) is 0.278. The van der Waals surface area contributed by atoms with Crippen molar-refractivity contribution in [3.05, 3.63) is 54.4 Å². The van der Waals surface area contributed by atoms with Crippen LogP contribution in [0.3, 0.4) is 0 Å². The average Bonchev–Trinajstić information content (AvgIpc) is 3.15. The van der Waals surface area contributed by atoms with E-state index in [1.165, 1.54) is 0 Å². The summed E-state index contributed by atoms with van der Waals surface area (Å²) in [5.41, 5.74) is 1.92. The summed E-state index contributed by atoms with van der Waals surface area (Å²) in [6.45, 7) is 3.31. The number of carbonyl (C=O) groups is 1. The minimum Gasteiger partial charge on any atom is -0.479 e. The molecule has 2 aromatic heterocycles. The third kappa shape index (κ3) is 3.85. The van der Waals surface area contributed by atoms with Gasteiger partial charge in [-0.1, -0.05) is 12.1 Å². The van der Waals surface area contributed by atoms with E-state index in [2.05, 4.69) is 25.5 Å². The number of rotatable bonds is 7. The molecule has 0 aliphatic carbocycles. The van der Waals surface area contributed by atoms with Gasteiger partial charge in [0.15, 0.2) is 0 Å². The topological polar surface area (TPSA) is 94.8 Å². The maximum absolute atomic E-state index is 12.4. The van der Waals surface area contributed by atoms with Gasteiger partial charge in [0.25, 0.3) is 5.91 Å². The number of aromatic nitrogens is 5. The first kappa shape index (κ1) is 17.5. The van der Waals surface area contributed by atoms with Gasteiger partial charge in [-0.25, -0.2) is 9.97 Å². The lowest BCUT2D eigenvalue weighted by molar-refractivity contribution is 0.0954. The van der Waals surface area contributed by atoms with Crippen LogP contribution in [-0.2, 0) is 13.0 Å². The van der Waals surface area contributed by atoms with Crippen LogP contribution >= 0.6 is 0 Å². The smallest absolute Gasteiger partial charge is 0.251 e. The van der Waals surface area contributed by atoms with Crippen molar-refractivity contribution in [1.29, 1.82) is 0 Å². The van der Waals surface area contributed by atoms with Crippen LogP contribution in [0.15, 0.2) is 43.0 Å². The number of carbonyl (C=O) groups excluding carboxylic acids is 1. The van der Waals surface area contributed by atoms with Crippen molar-refractivity contribution in [2.24, 2.45) is 0 Å². The van der Waals surface area contributed by atoms with E-state index < -0.39 is 0 Å². The quantitative estimate of drug-likeness (QED) is 0.696. The highest BCUT2D eigenvalue weighted by atomic mass is 16.5. The normalized spacial score (nSPS) is 10.5. The molecule has 1 N–H and O–H groups in total. The van der Waals surface area contributed by atoms with E-state index in [1.54, 1.807) is 38.0 Å². The summed E-state index contributed by atoms with van der Waals surface area (Å²) >= 11 is 0. The lowest BCUT2D eigenvalue weighted by atomic mass is 10.1. The molecule has 0 saturated heterocycles. The molecular weight excluding hydrogens is 332 g/mol. The van der Waals surface area contributed by atoms with E-state index >= 15 is 0 Å². The first-order valence-electron chi connectivity index (χ1n) is 8.33. The second kappa shape index (κ2) is 8.19. The molecule has 8 nitrogen and oxygen atoms in total. The zero-order valence-electron chi connectivity index (χ0n) is 14.7.